The number of imidazole rings is 1. The van der Waals surface area contributed by atoms with Crippen molar-refractivity contribution in [2.45, 2.75) is 29.8 Å². The zero-order valence-corrected chi connectivity index (χ0v) is 20.5. The Morgan fingerprint density at radius 2 is 1.85 bits per heavy atom. The molecule has 0 bridgehead atoms. The lowest BCUT2D eigenvalue weighted by Crippen LogP contribution is -2.35. The number of rotatable bonds is 9. The van der Waals surface area contributed by atoms with Crippen molar-refractivity contribution >= 4 is 52.2 Å². The molecule has 2 heterocycles. The summed E-state index contributed by atoms with van der Waals surface area (Å²) < 4.78 is 47.9. The van der Waals surface area contributed by atoms with Crippen LogP contribution in [0.5, 0.6) is 0 Å². The summed E-state index contributed by atoms with van der Waals surface area (Å²) in [6.07, 6.45) is 0.531. The first-order chi connectivity index (χ1) is 15.6. The van der Waals surface area contributed by atoms with Crippen LogP contribution in [-0.4, -0.2) is 74.4 Å². The predicted octanol–water partition coefficient (Wildman–Crippen LogP) is -0.243. The van der Waals surface area contributed by atoms with Crippen LogP contribution in [0.25, 0.3) is 11.2 Å². The monoisotopic (exact) mass is 563 g/mol. The van der Waals surface area contributed by atoms with Crippen LogP contribution in [0.1, 0.15) is 12.5 Å². The van der Waals surface area contributed by atoms with Gasteiger partial charge in [-0.1, -0.05) is 11.8 Å². The molecule has 34 heavy (non-hydrogen) atoms. The molecule has 2 aliphatic carbocycles. The molecule has 17 nitrogen and oxygen atoms in total. The summed E-state index contributed by atoms with van der Waals surface area (Å²) in [5.74, 6) is -0.369. The summed E-state index contributed by atoms with van der Waals surface area (Å²) in [7, 11) is -16.6. The molecule has 0 spiro atoms. The number of thioether (sulfide) groups is 1. The number of anilines is 1. The summed E-state index contributed by atoms with van der Waals surface area (Å²) in [6.45, 7) is -0.699. The van der Waals surface area contributed by atoms with Crippen molar-refractivity contribution in [3.8, 4) is 0 Å². The van der Waals surface area contributed by atoms with Gasteiger partial charge in [-0.05, 0) is 18.6 Å². The highest BCUT2D eigenvalue weighted by atomic mass is 32.2. The summed E-state index contributed by atoms with van der Waals surface area (Å²) in [4.78, 5) is 48.8. The molecule has 2 aliphatic rings. The van der Waals surface area contributed by atoms with E-state index in [2.05, 4.69) is 23.6 Å². The van der Waals surface area contributed by atoms with Crippen LogP contribution in [0.15, 0.2) is 11.5 Å². The lowest BCUT2D eigenvalue weighted by atomic mass is 10.0. The molecule has 2 aromatic rings. The van der Waals surface area contributed by atoms with Gasteiger partial charge < -0.3 is 40.1 Å². The predicted molar refractivity (Wildman–Crippen MR) is 113 cm³/mol. The molecular formula is C13H20N5O12P3S. The fourth-order valence-electron chi connectivity index (χ4n) is 4.26. The van der Waals surface area contributed by atoms with Gasteiger partial charge in [0.2, 0.25) is 0 Å². The fraction of sp³-hybridized carbons (Fsp3) is 0.615. The van der Waals surface area contributed by atoms with E-state index in [1.807, 2.05) is 0 Å². The van der Waals surface area contributed by atoms with E-state index in [4.69, 9.17) is 20.0 Å². The Labute approximate surface area is 194 Å². The zero-order valence-electron chi connectivity index (χ0n) is 17.0. The molecule has 0 aliphatic heterocycles. The van der Waals surface area contributed by atoms with Crippen molar-refractivity contribution in [3.05, 3.63) is 6.33 Å². The van der Waals surface area contributed by atoms with E-state index in [1.165, 1.54) is 22.7 Å². The van der Waals surface area contributed by atoms with Gasteiger partial charge in [0.05, 0.1) is 25.1 Å². The van der Waals surface area contributed by atoms with Crippen LogP contribution in [0.3, 0.4) is 0 Å². The van der Waals surface area contributed by atoms with Gasteiger partial charge in [-0.25, -0.2) is 28.6 Å². The van der Waals surface area contributed by atoms with Gasteiger partial charge in [0.15, 0.2) is 16.6 Å². The second-order valence-corrected chi connectivity index (χ2v) is 12.9. The first-order valence-electron chi connectivity index (χ1n) is 9.28. The Bertz CT molecular complexity index is 1270. The van der Waals surface area contributed by atoms with Gasteiger partial charge >= 0.3 is 23.5 Å². The maximum Gasteiger partial charge on any atom is 0.490 e. The number of hydrogen-bond acceptors (Lipinski definition) is 13. The quantitative estimate of drug-likeness (QED) is 0.118. The van der Waals surface area contributed by atoms with Crippen molar-refractivity contribution in [1.82, 2.24) is 19.5 Å². The van der Waals surface area contributed by atoms with Crippen molar-refractivity contribution in [2.24, 2.45) is 11.3 Å². The van der Waals surface area contributed by atoms with Crippen molar-refractivity contribution in [1.29, 1.82) is 0 Å². The number of phosphoric ester groups is 1. The molecule has 6 unspecified atom stereocenters. The van der Waals surface area contributed by atoms with Crippen molar-refractivity contribution in [3.63, 3.8) is 0 Å². The molecule has 21 heteroatoms. The average molecular weight is 563 g/mol. The van der Waals surface area contributed by atoms with Crippen molar-refractivity contribution in [2.75, 3.05) is 18.6 Å². The van der Waals surface area contributed by atoms with E-state index < -0.39 is 59.7 Å². The number of hydrogen-bond donors (Lipinski definition) is 7. The second kappa shape index (κ2) is 8.56. The Morgan fingerprint density at radius 3 is 2.47 bits per heavy atom. The normalized spacial score (nSPS) is 32.3. The van der Waals surface area contributed by atoms with Gasteiger partial charge in [0.1, 0.15) is 11.6 Å². The third-order valence-corrected chi connectivity index (χ3v) is 10.0. The number of aromatic nitrogens is 4. The van der Waals surface area contributed by atoms with E-state index in [-0.39, 0.29) is 17.8 Å². The fourth-order valence-corrected chi connectivity index (χ4v) is 7.72. The van der Waals surface area contributed by atoms with E-state index >= 15 is 0 Å². The molecule has 0 saturated heterocycles. The summed E-state index contributed by atoms with van der Waals surface area (Å²) >= 11 is 1.23. The largest absolute Gasteiger partial charge is 0.490 e. The zero-order chi connectivity index (χ0) is 25.3. The summed E-state index contributed by atoms with van der Waals surface area (Å²) in [5, 5.41) is 21.7. The third-order valence-electron chi connectivity index (χ3n) is 5.70. The van der Waals surface area contributed by atoms with Gasteiger partial charge in [-0.2, -0.15) is 8.62 Å². The molecule has 0 radical (unpaired) electrons. The third kappa shape index (κ3) is 4.84. The Kier molecular flexibility index (Phi) is 6.57. The van der Waals surface area contributed by atoms with Crippen LogP contribution >= 0.6 is 35.2 Å². The maximum atomic E-state index is 12.1. The van der Waals surface area contributed by atoms with Crippen LogP contribution < -0.4 is 5.73 Å². The van der Waals surface area contributed by atoms with Crippen LogP contribution in [-0.2, 0) is 26.8 Å². The maximum absolute atomic E-state index is 12.1. The van der Waals surface area contributed by atoms with E-state index in [9.17, 15) is 33.7 Å². The number of fused-ring (bicyclic) bond motifs is 2. The highest BCUT2D eigenvalue weighted by molar-refractivity contribution is 7.98. The second-order valence-electron chi connectivity index (χ2n) is 7.75. The molecule has 2 aromatic heterocycles. The van der Waals surface area contributed by atoms with Crippen LogP contribution in [0.2, 0.25) is 0 Å². The van der Waals surface area contributed by atoms with E-state index in [0.29, 0.717) is 10.8 Å². The van der Waals surface area contributed by atoms with Gasteiger partial charge in [0, 0.05) is 5.41 Å². The molecular weight excluding hydrogens is 543 g/mol. The highest BCUT2D eigenvalue weighted by Crippen LogP contribution is 2.71. The number of nitrogen functional groups attached to an aromatic ring is 1. The molecule has 8 N–H and O–H groups in total. The number of phosphoric acid groups is 3. The van der Waals surface area contributed by atoms with Crippen LogP contribution in [0.4, 0.5) is 5.82 Å². The number of aliphatic hydroxyl groups excluding tert-OH is 2. The first-order valence-corrected chi connectivity index (χ1v) is 15.0. The minimum Gasteiger partial charge on any atom is -0.390 e. The molecule has 0 aromatic carbocycles. The summed E-state index contributed by atoms with van der Waals surface area (Å²) in [6, 6.07) is -0.770. The number of aliphatic hydroxyl groups is 2. The highest BCUT2D eigenvalue weighted by Gasteiger charge is 2.72. The Balaban J connectivity index is 1.53. The molecule has 190 valence electrons. The lowest BCUT2D eigenvalue weighted by Gasteiger charge is -2.24. The smallest absolute Gasteiger partial charge is 0.390 e. The molecule has 2 saturated carbocycles. The topological polar surface area (TPSA) is 270 Å². The Hall–Kier alpha value is -0.970. The number of nitrogens with two attached hydrogens (primary N) is 1. The number of nitrogens with zero attached hydrogens (tertiary/aromatic N) is 4. The first kappa shape index (κ1) is 26.1. The standard InChI is InChI=1S/C13H20N5O12P3S/c1-34-12-16-10(14)6-11(17-12)18(4-15-6)7-5-2-13(5,9(20)8(7)19)3-28-32(24,25)30-33(26,27)29-31(21,22)23/h4-5,7-9,19-20H,2-3H2,1H3,(H,24,25)(H,26,27)(H2,14,16,17)(H2,21,22,23)/t5?,7?,8?,9?,13-/m0/s1. The molecule has 0 amide bonds. The van der Waals surface area contributed by atoms with E-state index in [1.54, 1.807) is 6.26 Å². The molecule has 2 fully saturated rings. The average Bonchev–Trinajstić information content (AvgIpc) is 3.18. The summed E-state index contributed by atoms with van der Waals surface area (Å²) in [5.41, 5.74) is 5.28. The van der Waals surface area contributed by atoms with E-state index in [0.717, 1.165) is 0 Å². The molecule has 7 atom stereocenters. The lowest BCUT2D eigenvalue weighted by molar-refractivity contribution is -0.0297. The molecule has 4 rings (SSSR count). The minimum atomic E-state index is -5.68. The van der Waals surface area contributed by atoms with Crippen LogP contribution in [0, 0.1) is 11.3 Å². The van der Waals surface area contributed by atoms with Gasteiger partial charge in [-0.3, -0.25) is 4.52 Å². The minimum absolute atomic E-state index is 0.121. The van der Waals surface area contributed by atoms with Crippen molar-refractivity contribution < 1.29 is 56.6 Å². The van der Waals surface area contributed by atoms with Gasteiger partial charge in [-0.15, -0.1) is 0 Å². The SMILES string of the molecule is CSc1nc(N)c2ncn(C3C(O)C(O)[C@]4(COP(=O)(O)OP(=O)(O)OP(=O)(O)O)CC34)c2n1. The Morgan fingerprint density at radius 1 is 1.18 bits per heavy atom. The van der Waals surface area contributed by atoms with Gasteiger partial charge in [0.25, 0.3) is 0 Å².